The molecule has 3 aromatic rings. The van der Waals surface area contributed by atoms with Crippen LogP contribution in [0.15, 0.2) is 83.5 Å². The number of hydrogen-bond acceptors (Lipinski definition) is 5. The molecule has 0 spiro atoms. The average molecular weight is 426 g/mol. The predicted molar refractivity (Wildman–Crippen MR) is 123 cm³/mol. The van der Waals surface area contributed by atoms with Crippen molar-refractivity contribution in [1.82, 2.24) is 0 Å². The topological polar surface area (TPSA) is 77.0 Å². The molecule has 6 nitrogen and oxygen atoms in total. The van der Waals surface area contributed by atoms with Gasteiger partial charge in [0.15, 0.2) is 5.70 Å². The molecule has 1 aliphatic rings. The van der Waals surface area contributed by atoms with Gasteiger partial charge in [-0.15, -0.1) is 0 Å². The molecule has 0 radical (unpaired) electrons. The third-order valence-electron chi connectivity index (χ3n) is 4.74. The Labute approximate surface area is 186 Å². The van der Waals surface area contributed by atoms with Crippen LogP contribution in [0.1, 0.15) is 29.2 Å². The van der Waals surface area contributed by atoms with Gasteiger partial charge in [0.2, 0.25) is 11.8 Å². The van der Waals surface area contributed by atoms with Gasteiger partial charge in [-0.05, 0) is 60.5 Å². The summed E-state index contributed by atoms with van der Waals surface area (Å²) < 4.78 is 11.1. The fourth-order valence-corrected chi connectivity index (χ4v) is 3.22. The number of amides is 1. The summed E-state index contributed by atoms with van der Waals surface area (Å²) in [5.74, 6) is 0.310. The first-order valence-corrected chi connectivity index (χ1v) is 10.2. The normalized spacial score (nSPS) is 14.1. The van der Waals surface area contributed by atoms with Crippen LogP contribution >= 0.6 is 0 Å². The standard InChI is InChI=1S/C26H22N2O4/c1-17-4-3-5-20(14-17)16-31-23-12-6-19(7-13-23)15-24-26(30)32-25(28-24)21-8-10-22(11-9-21)27-18(2)29/h3-15H,16H2,1-2H3,(H,27,29)/b24-15-. The van der Waals surface area contributed by atoms with Crippen LogP contribution in [-0.4, -0.2) is 17.8 Å². The van der Waals surface area contributed by atoms with Crippen LogP contribution in [0.2, 0.25) is 0 Å². The maximum absolute atomic E-state index is 12.2. The maximum Gasteiger partial charge on any atom is 0.363 e. The number of esters is 1. The molecule has 6 heteroatoms. The molecule has 1 N–H and O–H groups in total. The molecule has 0 bridgehead atoms. The summed E-state index contributed by atoms with van der Waals surface area (Å²) in [4.78, 5) is 27.7. The molecule has 0 unspecified atom stereocenters. The van der Waals surface area contributed by atoms with Crippen LogP contribution in [0.5, 0.6) is 5.75 Å². The molecule has 4 rings (SSSR count). The number of aliphatic imine (C=N–C) groups is 1. The highest BCUT2D eigenvalue weighted by atomic mass is 16.6. The minimum Gasteiger partial charge on any atom is -0.489 e. The summed E-state index contributed by atoms with van der Waals surface area (Å²) in [6.07, 6.45) is 1.67. The number of nitrogens with zero attached hydrogens (tertiary/aromatic N) is 1. The molecule has 0 aliphatic carbocycles. The van der Waals surface area contributed by atoms with Gasteiger partial charge >= 0.3 is 5.97 Å². The minimum absolute atomic E-state index is 0.154. The molecular formula is C26H22N2O4. The summed E-state index contributed by atoms with van der Waals surface area (Å²) in [5.41, 5.74) is 4.64. The van der Waals surface area contributed by atoms with Gasteiger partial charge in [0.1, 0.15) is 12.4 Å². The van der Waals surface area contributed by atoms with Gasteiger partial charge in [-0.25, -0.2) is 9.79 Å². The number of cyclic esters (lactones) is 1. The fraction of sp³-hybridized carbons (Fsp3) is 0.115. The maximum atomic E-state index is 12.2. The van der Waals surface area contributed by atoms with Gasteiger partial charge in [0.25, 0.3) is 0 Å². The molecular weight excluding hydrogens is 404 g/mol. The zero-order valence-corrected chi connectivity index (χ0v) is 17.8. The van der Waals surface area contributed by atoms with E-state index >= 15 is 0 Å². The highest BCUT2D eigenvalue weighted by Crippen LogP contribution is 2.22. The van der Waals surface area contributed by atoms with E-state index in [9.17, 15) is 9.59 Å². The smallest absolute Gasteiger partial charge is 0.363 e. The fourth-order valence-electron chi connectivity index (χ4n) is 3.22. The first-order chi connectivity index (χ1) is 15.5. The van der Waals surface area contributed by atoms with Crippen LogP contribution in [0.25, 0.3) is 6.08 Å². The van der Waals surface area contributed by atoms with Crippen molar-refractivity contribution in [3.05, 3.63) is 101 Å². The summed E-state index contributed by atoms with van der Waals surface area (Å²) >= 11 is 0. The lowest BCUT2D eigenvalue weighted by Crippen LogP contribution is -2.07. The molecule has 1 aliphatic heterocycles. The highest BCUT2D eigenvalue weighted by Gasteiger charge is 2.24. The lowest BCUT2D eigenvalue weighted by Gasteiger charge is -2.07. The number of hydrogen-bond donors (Lipinski definition) is 1. The Morgan fingerprint density at radius 2 is 1.81 bits per heavy atom. The summed E-state index contributed by atoms with van der Waals surface area (Å²) in [6.45, 7) is 3.98. The third-order valence-corrected chi connectivity index (χ3v) is 4.74. The van der Waals surface area contributed by atoms with Crippen molar-refractivity contribution in [2.24, 2.45) is 4.99 Å². The summed E-state index contributed by atoms with van der Waals surface area (Å²) in [5, 5.41) is 2.69. The summed E-state index contributed by atoms with van der Waals surface area (Å²) in [7, 11) is 0. The first kappa shape index (κ1) is 21.1. The Kier molecular flexibility index (Phi) is 6.12. The van der Waals surface area contributed by atoms with E-state index in [0.29, 0.717) is 17.9 Å². The quantitative estimate of drug-likeness (QED) is 0.450. The average Bonchev–Trinajstić information content (AvgIpc) is 3.13. The second-order valence-corrected chi connectivity index (χ2v) is 7.44. The number of ether oxygens (including phenoxy) is 2. The van der Waals surface area contributed by atoms with E-state index in [1.807, 2.05) is 36.4 Å². The van der Waals surface area contributed by atoms with Crippen LogP contribution in [-0.2, 0) is 20.9 Å². The lowest BCUT2D eigenvalue weighted by molar-refractivity contribution is -0.129. The monoisotopic (exact) mass is 426 g/mol. The van der Waals surface area contributed by atoms with E-state index < -0.39 is 5.97 Å². The van der Waals surface area contributed by atoms with E-state index in [-0.39, 0.29) is 17.5 Å². The van der Waals surface area contributed by atoms with Crippen molar-refractivity contribution in [2.45, 2.75) is 20.5 Å². The Morgan fingerprint density at radius 3 is 2.50 bits per heavy atom. The zero-order valence-electron chi connectivity index (χ0n) is 17.8. The number of nitrogens with one attached hydrogen (secondary N) is 1. The molecule has 1 heterocycles. The number of carbonyl (C=O) groups is 2. The Balaban J connectivity index is 1.43. The number of benzene rings is 3. The molecule has 0 fully saturated rings. The van der Waals surface area contributed by atoms with Crippen molar-refractivity contribution in [1.29, 1.82) is 0 Å². The predicted octanol–water partition coefficient (Wildman–Crippen LogP) is 4.88. The van der Waals surface area contributed by atoms with E-state index in [1.165, 1.54) is 12.5 Å². The van der Waals surface area contributed by atoms with Gasteiger partial charge in [-0.2, -0.15) is 0 Å². The molecule has 160 valence electrons. The van der Waals surface area contributed by atoms with Crippen molar-refractivity contribution < 1.29 is 19.1 Å². The molecule has 32 heavy (non-hydrogen) atoms. The van der Waals surface area contributed by atoms with E-state index in [0.717, 1.165) is 16.9 Å². The van der Waals surface area contributed by atoms with E-state index in [1.54, 1.807) is 30.3 Å². The Bertz CT molecular complexity index is 1210. The van der Waals surface area contributed by atoms with Gasteiger partial charge in [-0.1, -0.05) is 42.0 Å². The third kappa shape index (κ3) is 5.29. The van der Waals surface area contributed by atoms with Crippen molar-refractivity contribution in [2.75, 3.05) is 5.32 Å². The molecule has 0 atom stereocenters. The number of anilines is 1. The summed E-state index contributed by atoms with van der Waals surface area (Å²) in [6, 6.07) is 22.5. The van der Waals surface area contributed by atoms with Crippen LogP contribution in [0.3, 0.4) is 0 Å². The van der Waals surface area contributed by atoms with Gasteiger partial charge in [0, 0.05) is 18.2 Å². The van der Waals surface area contributed by atoms with Crippen molar-refractivity contribution in [3.8, 4) is 5.75 Å². The SMILES string of the molecule is CC(=O)Nc1ccc(C2=N/C(=C\c3ccc(OCc4cccc(C)c4)cc3)C(=O)O2)cc1. The highest BCUT2D eigenvalue weighted by molar-refractivity contribution is 6.13. The largest absolute Gasteiger partial charge is 0.489 e. The van der Waals surface area contributed by atoms with Crippen molar-refractivity contribution in [3.63, 3.8) is 0 Å². The Morgan fingerprint density at radius 1 is 1.06 bits per heavy atom. The second-order valence-electron chi connectivity index (χ2n) is 7.44. The molecule has 0 saturated heterocycles. The Hall–Kier alpha value is -4.19. The van der Waals surface area contributed by atoms with Gasteiger partial charge < -0.3 is 14.8 Å². The van der Waals surface area contributed by atoms with Gasteiger partial charge in [0.05, 0.1) is 0 Å². The number of aryl methyl sites for hydroxylation is 1. The first-order valence-electron chi connectivity index (χ1n) is 10.2. The molecule has 3 aromatic carbocycles. The zero-order chi connectivity index (χ0) is 22.5. The van der Waals surface area contributed by atoms with E-state index in [4.69, 9.17) is 9.47 Å². The molecule has 0 aromatic heterocycles. The second kappa shape index (κ2) is 9.31. The van der Waals surface area contributed by atoms with Crippen molar-refractivity contribution >= 4 is 29.5 Å². The van der Waals surface area contributed by atoms with Gasteiger partial charge in [-0.3, -0.25) is 4.79 Å². The van der Waals surface area contributed by atoms with Crippen LogP contribution in [0.4, 0.5) is 5.69 Å². The van der Waals surface area contributed by atoms with E-state index in [2.05, 4.69) is 29.4 Å². The number of rotatable bonds is 6. The van der Waals surface area contributed by atoms with Crippen LogP contribution < -0.4 is 10.1 Å². The van der Waals surface area contributed by atoms with Crippen LogP contribution in [0, 0.1) is 6.92 Å². The minimum atomic E-state index is -0.509. The molecule has 0 saturated carbocycles. The molecule has 1 amide bonds. The lowest BCUT2D eigenvalue weighted by atomic mass is 10.1. The number of carbonyl (C=O) groups excluding carboxylic acids is 2.